The molecule has 0 aliphatic carbocycles. The van der Waals surface area contributed by atoms with Gasteiger partial charge in [0, 0.05) is 31.1 Å². The summed E-state index contributed by atoms with van der Waals surface area (Å²) in [6.45, 7) is 3.54. The summed E-state index contributed by atoms with van der Waals surface area (Å²) < 4.78 is 41.0. The molecule has 0 saturated carbocycles. The quantitative estimate of drug-likeness (QED) is 0.369. The monoisotopic (exact) mass is 478 g/mol. The molecule has 0 unspecified atom stereocenters. The lowest BCUT2D eigenvalue weighted by Crippen LogP contribution is -2.26. The Balaban J connectivity index is 1.79. The minimum absolute atomic E-state index is 0.00865. The van der Waals surface area contributed by atoms with Crippen LogP contribution in [0, 0.1) is 5.82 Å². The van der Waals surface area contributed by atoms with Crippen molar-refractivity contribution in [3.05, 3.63) is 54.0 Å². The Morgan fingerprint density at radius 1 is 1.00 bits per heavy atom. The highest BCUT2D eigenvalue weighted by Crippen LogP contribution is 2.36. The molecule has 1 saturated heterocycles. The van der Waals surface area contributed by atoms with Crippen LogP contribution in [0.25, 0.3) is 32.9 Å². The molecular weight excluding hydrogens is 451 g/mol. The Labute approximate surface area is 198 Å². The van der Waals surface area contributed by atoms with Crippen molar-refractivity contribution in [1.82, 2.24) is 15.0 Å². The number of halogens is 1. The maximum atomic E-state index is 16.1. The first kappa shape index (κ1) is 22.7. The molecule has 0 spiro atoms. The number of aromatic nitrogens is 3. The highest BCUT2D eigenvalue weighted by atomic mass is 32.2. The maximum absolute atomic E-state index is 16.1. The third-order valence-electron chi connectivity index (χ3n) is 6.51. The van der Waals surface area contributed by atoms with Crippen LogP contribution in [0.4, 0.5) is 10.2 Å². The topological polar surface area (TPSA) is 76.1 Å². The van der Waals surface area contributed by atoms with Gasteiger partial charge in [0.1, 0.15) is 17.0 Å². The van der Waals surface area contributed by atoms with E-state index in [4.69, 9.17) is 0 Å². The highest BCUT2D eigenvalue weighted by Gasteiger charge is 2.24. The van der Waals surface area contributed by atoms with Crippen LogP contribution >= 0.6 is 0 Å². The number of aryl methyl sites for hydroxylation is 1. The van der Waals surface area contributed by atoms with Crippen LogP contribution in [-0.4, -0.2) is 42.7 Å². The first-order valence-corrected chi connectivity index (χ1v) is 13.6. The molecule has 5 rings (SSSR count). The molecule has 176 valence electrons. The fraction of sp³-hybridized carbons (Fsp3) is 0.346. The third-order valence-corrected chi connectivity index (χ3v) is 7.35. The zero-order valence-corrected chi connectivity index (χ0v) is 20.2. The van der Waals surface area contributed by atoms with E-state index in [2.05, 4.69) is 21.9 Å². The smallest absolute Gasteiger partial charge is 0.249 e. The standard InChI is InChI=1S/C26H27FN4O2S/c1-3-17-10-8-11-18-12-9-13-19(21(17)18)23-22(27)24-20(16-28-23)25(30-26(29-24)34(2,32)33)31-14-6-4-5-7-15-31/h8-13,16H,3-7,14-15H2,1-2H3. The summed E-state index contributed by atoms with van der Waals surface area (Å²) in [6, 6.07) is 11.8. The minimum Gasteiger partial charge on any atom is -0.356 e. The van der Waals surface area contributed by atoms with Gasteiger partial charge in [-0.25, -0.2) is 22.8 Å². The summed E-state index contributed by atoms with van der Waals surface area (Å²) in [6.07, 6.45) is 7.61. The molecule has 8 heteroatoms. The molecule has 4 aromatic rings. The molecule has 1 aliphatic rings. The summed E-state index contributed by atoms with van der Waals surface area (Å²) in [4.78, 5) is 15.2. The van der Waals surface area contributed by atoms with E-state index in [1.54, 1.807) is 6.20 Å². The lowest BCUT2D eigenvalue weighted by atomic mass is 9.95. The lowest BCUT2D eigenvalue weighted by Gasteiger charge is -2.23. The number of anilines is 1. The fourth-order valence-electron chi connectivity index (χ4n) is 4.81. The molecule has 6 nitrogen and oxygen atoms in total. The number of sulfone groups is 1. The van der Waals surface area contributed by atoms with E-state index < -0.39 is 15.7 Å². The van der Waals surface area contributed by atoms with E-state index in [-0.39, 0.29) is 16.4 Å². The number of hydrogen-bond acceptors (Lipinski definition) is 6. The van der Waals surface area contributed by atoms with Crippen molar-refractivity contribution in [2.75, 3.05) is 24.2 Å². The summed E-state index contributed by atoms with van der Waals surface area (Å²) in [5.74, 6) is -0.184. The molecule has 3 heterocycles. The van der Waals surface area contributed by atoms with Gasteiger partial charge in [0.05, 0.1) is 5.39 Å². The summed E-state index contributed by atoms with van der Waals surface area (Å²) in [5.41, 5.74) is 1.92. The molecule has 0 bridgehead atoms. The normalized spacial score (nSPS) is 15.1. The molecule has 1 fully saturated rings. The van der Waals surface area contributed by atoms with Gasteiger partial charge in [-0.2, -0.15) is 0 Å². The van der Waals surface area contributed by atoms with Crippen molar-refractivity contribution in [2.24, 2.45) is 0 Å². The van der Waals surface area contributed by atoms with Gasteiger partial charge in [-0.1, -0.05) is 56.2 Å². The van der Waals surface area contributed by atoms with Crippen LogP contribution < -0.4 is 4.90 Å². The predicted octanol–water partition coefficient (Wildman–Crippen LogP) is 5.33. The third kappa shape index (κ3) is 4.00. The zero-order chi connectivity index (χ0) is 23.9. The van der Waals surface area contributed by atoms with Gasteiger partial charge in [0.25, 0.3) is 0 Å². The van der Waals surface area contributed by atoms with Crippen LogP contribution in [0.15, 0.2) is 47.8 Å². The average Bonchev–Trinajstić information content (AvgIpc) is 3.12. The van der Waals surface area contributed by atoms with Crippen molar-refractivity contribution in [2.45, 2.75) is 44.2 Å². The van der Waals surface area contributed by atoms with Gasteiger partial charge in [-0.05, 0) is 35.6 Å². The van der Waals surface area contributed by atoms with Gasteiger partial charge < -0.3 is 4.90 Å². The second-order valence-corrected chi connectivity index (χ2v) is 10.8. The van der Waals surface area contributed by atoms with E-state index in [1.807, 2.05) is 41.3 Å². The summed E-state index contributed by atoms with van der Waals surface area (Å²) >= 11 is 0. The van der Waals surface area contributed by atoms with E-state index in [0.29, 0.717) is 16.8 Å². The second-order valence-electron chi connectivity index (χ2n) is 8.86. The van der Waals surface area contributed by atoms with Gasteiger partial charge in [-0.3, -0.25) is 4.98 Å². The van der Waals surface area contributed by atoms with Gasteiger partial charge in [0.15, 0.2) is 5.82 Å². The SMILES string of the molecule is CCc1cccc2cccc(-c3ncc4c(N5CCCCCC5)nc(S(C)(=O)=O)nc4c3F)c12. The first-order chi connectivity index (χ1) is 16.4. The molecule has 0 N–H and O–H groups in total. The Hall–Kier alpha value is -3.13. The van der Waals surface area contributed by atoms with Crippen molar-refractivity contribution in [3.8, 4) is 11.3 Å². The van der Waals surface area contributed by atoms with E-state index in [0.717, 1.165) is 67.8 Å². The molecule has 1 aliphatic heterocycles. The van der Waals surface area contributed by atoms with E-state index in [9.17, 15) is 8.42 Å². The van der Waals surface area contributed by atoms with E-state index in [1.165, 1.54) is 0 Å². The Kier molecular flexibility index (Phi) is 5.93. The van der Waals surface area contributed by atoms with Crippen LogP contribution in [0.3, 0.4) is 0 Å². The van der Waals surface area contributed by atoms with Crippen molar-refractivity contribution < 1.29 is 12.8 Å². The number of nitrogens with zero attached hydrogens (tertiary/aromatic N) is 4. The molecule has 0 atom stereocenters. The Morgan fingerprint density at radius 2 is 1.71 bits per heavy atom. The van der Waals surface area contributed by atoms with Crippen LogP contribution in [0.5, 0.6) is 0 Å². The number of fused-ring (bicyclic) bond motifs is 2. The molecule has 2 aromatic carbocycles. The van der Waals surface area contributed by atoms with Crippen molar-refractivity contribution in [1.29, 1.82) is 0 Å². The molecule has 0 radical (unpaired) electrons. The number of rotatable bonds is 4. The van der Waals surface area contributed by atoms with Crippen LogP contribution in [0.2, 0.25) is 0 Å². The molecular formula is C26H27FN4O2S. The summed E-state index contributed by atoms with van der Waals surface area (Å²) in [7, 11) is -3.74. The van der Waals surface area contributed by atoms with Crippen molar-refractivity contribution >= 4 is 37.3 Å². The summed E-state index contributed by atoms with van der Waals surface area (Å²) in [5, 5.41) is 2.03. The highest BCUT2D eigenvalue weighted by molar-refractivity contribution is 7.90. The minimum atomic E-state index is -3.74. The predicted molar refractivity (Wildman–Crippen MR) is 133 cm³/mol. The number of benzene rings is 2. The zero-order valence-electron chi connectivity index (χ0n) is 19.4. The first-order valence-electron chi connectivity index (χ1n) is 11.7. The van der Waals surface area contributed by atoms with Crippen LogP contribution in [0.1, 0.15) is 38.2 Å². The Morgan fingerprint density at radius 3 is 2.38 bits per heavy atom. The largest absolute Gasteiger partial charge is 0.356 e. The van der Waals surface area contributed by atoms with Gasteiger partial charge in [0.2, 0.25) is 15.0 Å². The van der Waals surface area contributed by atoms with Gasteiger partial charge >= 0.3 is 0 Å². The van der Waals surface area contributed by atoms with E-state index >= 15 is 4.39 Å². The molecule has 0 amide bonds. The van der Waals surface area contributed by atoms with Gasteiger partial charge in [-0.15, -0.1) is 0 Å². The second kappa shape index (κ2) is 8.91. The van der Waals surface area contributed by atoms with Crippen LogP contribution in [-0.2, 0) is 16.3 Å². The fourth-order valence-corrected chi connectivity index (χ4v) is 5.32. The Bertz CT molecular complexity index is 1490. The molecule has 34 heavy (non-hydrogen) atoms. The maximum Gasteiger partial charge on any atom is 0.249 e. The van der Waals surface area contributed by atoms with Crippen molar-refractivity contribution in [3.63, 3.8) is 0 Å². The lowest BCUT2D eigenvalue weighted by molar-refractivity contribution is 0.592. The number of pyridine rings is 1. The molecule has 2 aromatic heterocycles. The average molecular weight is 479 g/mol. The number of hydrogen-bond donors (Lipinski definition) is 0.